The lowest BCUT2D eigenvalue weighted by Gasteiger charge is -2.23. The Kier molecular flexibility index (Phi) is 3.53. The van der Waals surface area contributed by atoms with E-state index in [1.165, 1.54) is 12.0 Å². The normalized spacial score (nSPS) is 31.6. The molecule has 4 atom stereocenters. The number of likely N-dealkylation sites (tertiary alicyclic amines) is 1. The molecular formula is C12H17N3O3. The fourth-order valence-electron chi connectivity index (χ4n) is 2.57. The Morgan fingerprint density at radius 1 is 1.56 bits per heavy atom. The molecule has 6 nitrogen and oxygen atoms in total. The Balaban J connectivity index is 1.95. The molecule has 1 heterocycles. The Hall–Kier alpha value is -1.61. The highest BCUT2D eigenvalue weighted by molar-refractivity contribution is 5.85. The van der Waals surface area contributed by atoms with Gasteiger partial charge >= 0.3 is 5.97 Å². The number of nitrogens with zero attached hydrogens (tertiary/aromatic N) is 2. The van der Waals surface area contributed by atoms with Crippen LogP contribution in [0, 0.1) is 23.2 Å². The van der Waals surface area contributed by atoms with Gasteiger partial charge in [-0.1, -0.05) is 0 Å². The summed E-state index contributed by atoms with van der Waals surface area (Å²) in [5.41, 5.74) is 5.89. The Morgan fingerprint density at radius 3 is 2.89 bits per heavy atom. The van der Waals surface area contributed by atoms with Gasteiger partial charge in [0.05, 0.1) is 25.1 Å². The largest absolute Gasteiger partial charge is 0.469 e. The number of hydrogen-bond donors (Lipinski definition) is 1. The number of nitrogens with two attached hydrogens (primary N) is 1. The second-order valence-corrected chi connectivity index (χ2v) is 4.87. The number of rotatable bonds is 3. The average molecular weight is 251 g/mol. The van der Waals surface area contributed by atoms with Gasteiger partial charge in [0, 0.05) is 6.54 Å². The summed E-state index contributed by atoms with van der Waals surface area (Å²) in [5, 5.41) is 8.94. The molecule has 0 bridgehead atoms. The topological polar surface area (TPSA) is 96.4 Å². The summed E-state index contributed by atoms with van der Waals surface area (Å²) in [6.07, 6.45) is 2.15. The number of carbonyl (C=O) groups is 2. The van der Waals surface area contributed by atoms with Gasteiger partial charge in [-0.3, -0.25) is 9.59 Å². The fourth-order valence-corrected chi connectivity index (χ4v) is 2.57. The molecule has 1 aliphatic carbocycles. The van der Waals surface area contributed by atoms with Crippen molar-refractivity contribution in [2.24, 2.45) is 17.6 Å². The first-order valence-corrected chi connectivity index (χ1v) is 6.13. The third-order valence-corrected chi connectivity index (χ3v) is 3.78. The van der Waals surface area contributed by atoms with Crippen molar-refractivity contribution in [1.82, 2.24) is 4.90 Å². The van der Waals surface area contributed by atoms with E-state index in [4.69, 9.17) is 11.0 Å². The van der Waals surface area contributed by atoms with E-state index >= 15 is 0 Å². The lowest BCUT2D eigenvalue weighted by Crippen LogP contribution is -2.47. The molecule has 2 fully saturated rings. The maximum absolute atomic E-state index is 12.2. The van der Waals surface area contributed by atoms with Gasteiger partial charge in [0.2, 0.25) is 5.91 Å². The van der Waals surface area contributed by atoms with Crippen molar-refractivity contribution in [3.05, 3.63) is 0 Å². The van der Waals surface area contributed by atoms with E-state index in [1.807, 2.05) is 0 Å². The zero-order valence-corrected chi connectivity index (χ0v) is 10.3. The summed E-state index contributed by atoms with van der Waals surface area (Å²) >= 11 is 0. The zero-order valence-electron chi connectivity index (χ0n) is 10.3. The first-order valence-electron chi connectivity index (χ1n) is 6.13. The van der Waals surface area contributed by atoms with Crippen LogP contribution in [0.4, 0.5) is 0 Å². The monoisotopic (exact) mass is 251 g/mol. The lowest BCUT2D eigenvalue weighted by atomic mass is 10.1. The molecule has 3 unspecified atom stereocenters. The third-order valence-electron chi connectivity index (χ3n) is 3.78. The van der Waals surface area contributed by atoms with Crippen LogP contribution >= 0.6 is 0 Å². The minimum absolute atomic E-state index is 0.134. The number of methoxy groups -OCH3 is 1. The van der Waals surface area contributed by atoms with E-state index in [-0.39, 0.29) is 29.8 Å². The molecule has 2 rings (SSSR count). The van der Waals surface area contributed by atoms with Gasteiger partial charge in [-0.25, -0.2) is 0 Å². The average Bonchev–Trinajstić information content (AvgIpc) is 3.05. The number of nitriles is 1. The van der Waals surface area contributed by atoms with Gasteiger partial charge < -0.3 is 15.4 Å². The molecule has 1 amide bonds. The summed E-state index contributed by atoms with van der Waals surface area (Å²) in [6.45, 7) is 0.584. The number of ether oxygens (including phenoxy) is 1. The van der Waals surface area contributed by atoms with Gasteiger partial charge in [0.15, 0.2) is 0 Å². The molecule has 6 heteroatoms. The van der Waals surface area contributed by atoms with Crippen LogP contribution in [0.5, 0.6) is 0 Å². The van der Waals surface area contributed by atoms with Gasteiger partial charge in [0.25, 0.3) is 0 Å². The lowest BCUT2D eigenvalue weighted by molar-refractivity contribution is -0.142. The molecule has 2 N–H and O–H groups in total. The SMILES string of the molecule is COC(=O)C1C[C@H]1C(N)C(=O)N1CCCC1C#N. The second kappa shape index (κ2) is 4.94. The predicted molar refractivity (Wildman–Crippen MR) is 61.9 cm³/mol. The second-order valence-electron chi connectivity index (χ2n) is 4.87. The maximum atomic E-state index is 12.2. The minimum atomic E-state index is -0.692. The highest BCUT2D eigenvalue weighted by Crippen LogP contribution is 2.42. The first-order chi connectivity index (χ1) is 8.60. The van der Waals surface area contributed by atoms with Crippen molar-refractivity contribution in [3.8, 4) is 6.07 Å². The van der Waals surface area contributed by atoms with Gasteiger partial charge in [0.1, 0.15) is 6.04 Å². The van der Waals surface area contributed by atoms with Crippen LogP contribution in [0.3, 0.4) is 0 Å². The summed E-state index contributed by atoms with van der Waals surface area (Å²) in [7, 11) is 1.33. The Bertz CT molecular complexity index is 404. The number of amides is 1. The van der Waals surface area contributed by atoms with E-state index in [0.29, 0.717) is 19.4 Å². The van der Waals surface area contributed by atoms with Crippen molar-refractivity contribution in [3.63, 3.8) is 0 Å². The van der Waals surface area contributed by atoms with Gasteiger partial charge in [-0.05, 0) is 25.2 Å². The smallest absolute Gasteiger partial charge is 0.309 e. The first kappa shape index (κ1) is 12.8. The molecule has 0 spiro atoms. The molecular weight excluding hydrogens is 234 g/mol. The van der Waals surface area contributed by atoms with E-state index < -0.39 is 6.04 Å². The van der Waals surface area contributed by atoms with E-state index in [0.717, 1.165) is 6.42 Å². The van der Waals surface area contributed by atoms with Crippen LogP contribution in [0.25, 0.3) is 0 Å². The van der Waals surface area contributed by atoms with Gasteiger partial charge in [-0.2, -0.15) is 5.26 Å². The highest BCUT2D eigenvalue weighted by Gasteiger charge is 2.51. The fraction of sp³-hybridized carbons (Fsp3) is 0.750. The summed E-state index contributed by atoms with van der Waals surface area (Å²) in [5.74, 6) is -0.904. The van der Waals surface area contributed by atoms with Crippen LogP contribution in [0.15, 0.2) is 0 Å². The number of hydrogen-bond acceptors (Lipinski definition) is 5. The van der Waals surface area contributed by atoms with Crippen LogP contribution in [-0.2, 0) is 14.3 Å². The number of esters is 1. The predicted octanol–water partition coefficient (Wildman–Crippen LogP) is -0.363. The van der Waals surface area contributed by atoms with Crippen molar-refractivity contribution in [2.75, 3.05) is 13.7 Å². The Labute approximate surface area is 106 Å². The maximum Gasteiger partial charge on any atom is 0.309 e. The molecule has 2 aliphatic rings. The molecule has 0 aromatic rings. The zero-order chi connectivity index (χ0) is 13.3. The van der Waals surface area contributed by atoms with Gasteiger partial charge in [-0.15, -0.1) is 0 Å². The molecule has 0 aromatic heterocycles. The molecule has 0 aromatic carbocycles. The number of carbonyl (C=O) groups excluding carboxylic acids is 2. The van der Waals surface area contributed by atoms with Crippen molar-refractivity contribution >= 4 is 11.9 Å². The van der Waals surface area contributed by atoms with Crippen molar-refractivity contribution in [1.29, 1.82) is 5.26 Å². The molecule has 1 aliphatic heterocycles. The molecule has 98 valence electrons. The highest BCUT2D eigenvalue weighted by atomic mass is 16.5. The quantitative estimate of drug-likeness (QED) is 0.691. The summed E-state index contributed by atoms with van der Waals surface area (Å²) in [6, 6.07) is 1.06. The molecule has 18 heavy (non-hydrogen) atoms. The molecule has 1 saturated heterocycles. The van der Waals surface area contributed by atoms with Crippen LogP contribution in [-0.4, -0.2) is 42.5 Å². The van der Waals surface area contributed by atoms with E-state index in [1.54, 1.807) is 0 Å². The standard InChI is InChI=1S/C12H17N3O3/c1-18-12(17)9-5-8(9)10(14)11(16)15-4-2-3-7(15)6-13/h7-10H,2-5,14H2,1H3/t7?,8-,9?,10?/m1/s1. The Morgan fingerprint density at radius 2 is 2.28 bits per heavy atom. The third kappa shape index (κ3) is 2.18. The molecule has 0 radical (unpaired) electrons. The van der Waals surface area contributed by atoms with Crippen molar-refractivity contribution < 1.29 is 14.3 Å². The van der Waals surface area contributed by atoms with Crippen molar-refractivity contribution in [2.45, 2.75) is 31.3 Å². The van der Waals surface area contributed by atoms with Crippen LogP contribution < -0.4 is 5.73 Å². The summed E-state index contributed by atoms with van der Waals surface area (Å²) < 4.78 is 4.63. The van der Waals surface area contributed by atoms with Crippen LogP contribution in [0.2, 0.25) is 0 Å². The molecule has 1 saturated carbocycles. The van der Waals surface area contributed by atoms with E-state index in [9.17, 15) is 9.59 Å². The van der Waals surface area contributed by atoms with E-state index in [2.05, 4.69) is 10.8 Å². The van der Waals surface area contributed by atoms with Crippen LogP contribution in [0.1, 0.15) is 19.3 Å². The summed E-state index contributed by atoms with van der Waals surface area (Å²) in [4.78, 5) is 25.0. The minimum Gasteiger partial charge on any atom is -0.469 e.